The molecule has 15 heavy (non-hydrogen) atoms. The van der Waals surface area contributed by atoms with Gasteiger partial charge in [-0.2, -0.15) is 0 Å². The Morgan fingerprint density at radius 1 is 1.47 bits per heavy atom. The van der Waals surface area contributed by atoms with Crippen molar-refractivity contribution in [1.82, 2.24) is 0 Å². The van der Waals surface area contributed by atoms with Crippen LogP contribution in [0.15, 0.2) is 22.7 Å². The van der Waals surface area contributed by atoms with Crippen LogP contribution in [0.5, 0.6) is 0 Å². The molecule has 2 nitrogen and oxygen atoms in total. The van der Waals surface area contributed by atoms with E-state index in [2.05, 4.69) is 15.9 Å². The fourth-order valence-corrected chi connectivity index (χ4v) is 2.14. The second-order valence-corrected chi connectivity index (χ2v) is 4.50. The van der Waals surface area contributed by atoms with Gasteiger partial charge in [0.2, 0.25) is 0 Å². The van der Waals surface area contributed by atoms with Gasteiger partial charge in [-0.15, -0.1) is 0 Å². The zero-order chi connectivity index (χ0) is 10.8. The molecule has 80 valence electrons. The molecule has 1 aliphatic rings. The van der Waals surface area contributed by atoms with Crippen LogP contribution in [0.2, 0.25) is 0 Å². The minimum atomic E-state index is -0.397. The van der Waals surface area contributed by atoms with E-state index in [1.54, 1.807) is 6.07 Å². The first-order chi connectivity index (χ1) is 7.16. The third kappa shape index (κ3) is 2.44. The molecule has 0 N–H and O–H groups in total. The van der Waals surface area contributed by atoms with Gasteiger partial charge in [0.15, 0.2) is 5.78 Å². The number of ether oxygens (including phenoxy) is 1. The van der Waals surface area contributed by atoms with Crippen LogP contribution in [0.1, 0.15) is 16.8 Å². The van der Waals surface area contributed by atoms with Crippen molar-refractivity contribution in [2.75, 3.05) is 13.2 Å². The summed E-state index contributed by atoms with van der Waals surface area (Å²) < 4.78 is 18.8. The van der Waals surface area contributed by atoms with Crippen LogP contribution < -0.4 is 0 Å². The molecule has 1 heterocycles. The highest BCUT2D eigenvalue weighted by Gasteiger charge is 2.24. The Morgan fingerprint density at radius 2 is 2.27 bits per heavy atom. The van der Waals surface area contributed by atoms with Crippen molar-refractivity contribution in [3.63, 3.8) is 0 Å². The van der Waals surface area contributed by atoms with E-state index in [1.165, 1.54) is 12.1 Å². The molecule has 1 atom stereocenters. The molecule has 1 aromatic carbocycles. The molecule has 1 fully saturated rings. The van der Waals surface area contributed by atoms with Crippen LogP contribution in [0, 0.1) is 11.7 Å². The fourth-order valence-electron chi connectivity index (χ4n) is 1.67. The molecule has 1 saturated heterocycles. The lowest BCUT2D eigenvalue weighted by molar-refractivity contribution is 0.0900. The molecule has 0 aliphatic carbocycles. The highest BCUT2D eigenvalue weighted by atomic mass is 79.9. The van der Waals surface area contributed by atoms with Gasteiger partial charge in [-0.05, 0) is 24.6 Å². The first kappa shape index (κ1) is 10.8. The average molecular weight is 273 g/mol. The lowest BCUT2D eigenvalue weighted by Gasteiger charge is -2.06. The summed E-state index contributed by atoms with van der Waals surface area (Å²) in [6, 6.07) is 4.25. The maximum atomic E-state index is 13.1. The van der Waals surface area contributed by atoms with Gasteiger partial charge < -0.3 is 4.74 Å². The highest BCUT2D eigenvalue weighted by Crippen LogP contribution is 2.21. The van der Waals surface area contributed by atoms with Crippen LogP contribution in [-0.4, -0.2) is 19.0 Å². The number of halogens is 2. The topological polar surface area (TPSA) is 26.3 Å². The molecule has 0 spiro atoms. The first-order valence-corrected chi connectivity index (χ1v) is 5.54. The zero-order valence-corrected chi connectivity index (χ0v) is 9.59. The molecule has 0 saturated carbocycles. The second-order valence-electron chi connectivity index (χ2n) is 3.58. The largest absolute Gasteiger partial charge is 0.381 e. The molecule has 0 amide bonds. The van der Waals surface area contributed by atoms with Crippen LogP contribution in [0.3, 0.4) is 0 Å². The van der Waals surface area contributed by atoms with Gasteiger partial charge in [0, 0.05) is 22.6 Å². The van der Waals surface area contributed by atoms with E-state index in [1.807, 2.05) is 0 Å². The van der Waals surface area contributed by atoms with Gasteiger partial charge in [0.05, 0.1) is 6.61 Å². The molecule has 0 radical (unpaired) electrons. The summed E-state index contributed by atoms with van der Waals surface area (Å²) in [5, 5.41) is 0. The Kier molecular flexibility index (Phi) is 3.17. The quantitative estimate of drug-likeness (QED) is 0.774. The van der Waals surface area contributed by atoms with Crippen molar-refractivity contribution in [3.05, 3.63) is 34.1 Å². The molecule has 2 rings (SSSR count). The lowest BCUT2D eigenvalue weighted by Crippen LogP contribution is -2.14. The number of ketones is 1. The average Bonchev–Trinajstić information content (AvgIpc) is 2.67. The number of hydrogen-bond acceptors (Lipinski definition) is 2. The standard InChI is InChI=1S/C11H10BrFO2/c12-9-3-8(4-10(13)5-9)11(14)7-1-2-15-6-7/h3-5,7H,1-2,6H2. The lowest BCUT2D eigenvalue weighted by atomic mass is 9.97. The Bertz CT molecular complexity index is 366. The summed E-state index contributed by atoms with van der Waals surface area (Å²) in [7, 11) is 0. The summed E-state index contributed by atoms with van der Waals surface area (Å²) >= 11 is 3.17. The van der Waals surface area contributed by atoms with E-state index in [0.29, 0.717) is 23.2 Å². The molecular weight excluding hydrogens is 263 g/mol. The third-order valence-electron chi connectivity index (χ3n) is 2.45. The van der Waals surface area contributed by atoms with Crippen LogP contribution in [0.25, 0.3) is 0 Å². The minimum absolute atomic E-state index is 0.0345. The predicted octanol–water partition coefficient (Wildman–Crippen LogP) is 2.81. The highest BCUT2D eigenvalue weighted by molar-refractivity contribution is 9.10. The Labute approximate surface area is 95.6 Å². The van der Waals surface area contributed by atoms with Crippen molar-refractivity contribution < 1.29 is 13.9 Å². The fraction of sp³-hybridized carbons (Fsp3) is 0.364. The van der Waals surface area contributed by atoms with Crippen molar-refractivity contribution in [2.45, 2.75) is 6.42 Å². The van der Waals surface area contributed by atoms with Gasteiger partial charge in [-0.3, -0.25) is 4.79 Å². The van der Waals surface area contributed by atoms with Crippen molar-refractivity contribution in [1.29, 1.82) is 0 Å². The van der Waals surface area contributed by atoms with E-state index >= 15 is 0 Å². The maximum absolute atomic E-state index is 13.1. The number of rotatable bonds is 2. The smallest absolute Gasteiger partial charge is 0.168 e. The number of carbonyl (C=O) groups is 1. The van der Waals surface area contributed by atoms with E-state index < -0.39 is 5.82 Å². The molecule has 0 bridgehead atoms. The SMILES string of the molecule is O=C(c1cc(F)cc(Br)c1)C1CCOC1. The van der Waals surface area contributed by atoms with Crippen molar-refractivity contribution in [3.8, 4) is 0 Å². The predicted molar refractivity (Wildman–Crippen MR) is 57.4 cm³/mol. The summed E-state index contributed by atoms with van der Waals surface area (Å²) in [6.07, 6.45) is 0.729. The third-order valence-corrected chi connectivity index (χ3v) is 2.91. The molecule has 1 aliphatic heterocycles. The second kappa shape index (κ2) is 4.41. The molecule has 0 aromatic heterocycles. The summed E-state index contributed by atoms with van der Waals surface area (Å²) in [6.45, 7) is 1.07. The van der Waals surface area contributed by atoms with Crippen LogP contribution >= 0.6 is 15.9 Å². The Hall–Kier alpha value is -0.740. The number of Topliss-reactive ketones (excluding diaryl/α,β-unsaturated/α-hetero) is 1. The summed E-state index contributed by atoms with van der Waals surface area (Å²) in [5.41, 5.74) is 0.414. The Balaban J connectivity index is 2.24. The minimum Gasteiger partial charge on any atom is -0.381 e. The van der Waals surface area contributed by atoms with Gasteiger partial charge in [-0.1, -0.05) is 15.9 Å². The number of benzene rings is 1. The van der Waals surface area contributed by atoms with E-state index in [0.717, 1.165) is 6.42 Å². The number of carbonyl (C=O) groups excluding carboxylic acids is 1. The first-order valence-electron chi connectivity index (χ1n) is 4.75. The molecule has 1 unspecified atom stereocenters. The zero-order valence-electron chi connectivity index (χ0n) is 8.00. The van der Waals surface area contributed by atoms with Crippen LogP contribution in [0.4, 0.5) is 4.39 Å². The van der Waals surface area contributed by atoms with Gasteiger partial charge in [0.1, 0.15) is 5.82 Å². The van der Waals surface area contributed by atoms with Crippen LogP contribution in [-0.2, 0) is 4.74 Å². The number of hydrogen-bond donors (Lipinski definition) is 0. The van der Waals surface area contributed by atoms with Gasteiger partial charge in [0.25, 0.3) is 0 Å². The maximum Gasteiger partial charge on any atom is 0.168 e. The van der Waals surface area contributed by atoms with Gasteiger partial charge >= 0.3 is 0 Å². The van der Waals surface area contributed by atoms with E-state index in [-0.39, 0.29) is 11.7 Å². The Morgan fingerprint density at radius 3 is 2.87 bits per heavy atom. The summed E-state index contributed by atoms with van der Waals surface area (Å²) in [5.74, 6) is -0.543. The summed E-state index contributed by atoms with van der Waals surface area (Å²) in [4.78, 5) is 11.9. The normalized spacial score (nSPS) is 20.5. The molecule has 1 aromatic rings. The van der Waals surface area contributed by atoms with Gasteiger partial charge in [-0.25, -0.2) is 4.39 Å². The monoisotopic (exact) mass is 272 g/mol. The molecular formula is C11H10BrFO2. The van der Waals surface area contributed by atoms with E-state index in [9.17, 15) is 9.18 Å². The van der Waals surface area contributed by atoms with E-state index in [4.69, 9.17) is 4.74 Å². The van der Waals surface area contributed by atoms with Crippen molar-refractivity contribution >= 4 is 21.7 Å². The molecule has 4 heteroatoms. The van der Waals surface area contributed by atoms with Crippen molar-refractivity contribution in [2.24, 2.45) is 5.92 Å².